The predicted octanol–water partition coefficient (Wildman–Crippen LogP) is 3.79. The predicted molar refractivity (Wildman–Crippen MR) is 110 cm³/mol. The molecule has 0 N–H and O–H groups in total. The lowest BCUT2D eigenvalue weighted by molar-refractivity contribution is -0.133. The van der Waals surface area contributed by atoms with Gasteiger partial charge >= 0.3 is 0 Å². The molecule has 148 valence electrons. The molecular weight excluding hydrogens is 377 g/mol. The Morgan fingerprint density at radius 1 is 1.07 bits per heavy atom. The fourth-order valence-corrected chi connectivity index (χ4v) is 3.92. The lowest BCUT2D eigenvalue weighted by atomic mass is 10.2. The summed E-state index contributed by atoms with van der Waals surface area (Å²) >= 11 is 6.10. The number of carbonyl (C=O) groups is 1. The average Bonchev–Trinajstić information content (AvgIpc) is 3.53. The van der Waals surface area contributed by atoms with Crippen molar-refractivity contribution in [3.8, 4) is 0 Å². The number of nitrogens with zero attached hydrogens (tertiary/aromatic N) is 3. The van der Waals surface area contributed by atoms with Crippen molar-refractivity contribution in [1.82, 2.24) is 9.80 Å². The zero-order chi connectivity index (χ0) is 19.5. The summed E-state index contributed by atoms with van der Waals surface area (Å²) in [6.07, 6.45) is 2.03. The van der Waals surface area contributed by atoms with Gasteiger partial charge in [0.2, 0.25) is 5.91 Å². The van der Waals surface area contributed by atoms with Crippen molar-refractivity contribution in [2.24, 2.45) is 0 Å². The molecule has 0 spiro atoms. The van der Waals surface area contributed by atoms with E-state index in [0.29, 0.717) is 18.7 Å². The molecule has 2 aliphatic rings. The zero-order valence-electron chi connectivity index (χ0n) is 15.9. The van der Waals surface area contributed by atoms with Crippen LogP contribution in [0.25, 0.3) is 0 Å². The Labute approximate surface area is 170 Å². The smallest absolute Gasteiger partial charge is 0.237 e. The Morgan fingerprint density at radius 2 is 1.82 bits per heavy atom. The Hall–Kier alpha value is -2.11. The highest BCUT2D eigenvalue weighted by Crippen LogP contribution is 2.29. The van der Waals surface area contributed by atoms with Gasteiger partial charge < -0.3 is 9.80 Å². The highest BCUT2D eigenvalue weighted by atomic mass is 35.5. The SMILES string of the molecule is O=C(CN1CCN(c2cccc(Cl)c2)CC1)N(Cc1ccccc1F)C1CC1. The van der Waals surface area contributed by atoms with Gasteiger partial charge in [0.15, 0.2) is 0 Å². The van der Waals surface area contributed by atoms with E-state index < -0.39 is 0 Å². The van der Waals surface area contributed by atoms with Gasteiger partial charge in [-0.2, -0.15) is 0 Å². The van der Waals surface area contributed by atoms with E-state index in [0.717, 1.165) is 49.7 Å². The van der Waals surface area contributed by atoms with Crippen molar-refractivity contribution < 1.29 is 9.18 Å². The van der Waals surface area contributed by atoms with E-state index in [4.69, 9.17) is 11.6 Å². The third kappa shape index (κ3) is 4.65. The minimum Gasteiger partial charge on any atom is -0.369 e. The highest BCUT2D eigenvalue weighted by molar-refractivity contribution is 6.30. The third-order valence-electron chi connectivity index (χ3n) is 5.51. The maximum absolute atomic E-state index is 14.0. The zero-order valence-corrected chi connectivity index (χ0v) is 16.6. The van der Waals surface area contributed by atoms with Crippen LogP contribution in [0.1, 0.15) is 18.4 Å². The molecule has 0 bridgehead atoms. The van der Waals surface area contributed by atoms with Crippen molar-refractivity contribution in [2.45, 2.75) is 25.4 Å². The second-order valence-corrected chi connectivity index (χ2v) is 8.02. The number of benzene rings is 2. The molecule has 2 aromatic rings. The Kier molecular flexibility index (Phi) is 5.83. The molecule has 2 aromatic carbocycles. The van der Waals surface area contributed by atoms with Crippen LogP contribution in [0.2, 0.25) is 5.02 Å². The van der Waals surface area contributed by atoms with Crippen molar-refractivity contribution >= 4 is 23.2 Å². The topological polar surface area (TPSA) is 26.8 Å². The second-order valence-electron chi connectivity index (χ2n) is 7.59. The quantitative estimate of drug-likeness (QED) is 0.736. The number of piperazine rings is 1. The lowest BCUT2D eigenvalue weighted by Gasteiger charge is -2.36. The molecule has 0 aromatic heterocycles. The molecule has 0 atom stereocenters. The maximum atomic E-state index is 14.0. The summed E-state index contributed by atoms with van der Waals surface area (Å²) in [5.41, 5.74) is 1.71. The van der Waals surface area contributed by atoms with Crippen LogP contribution in [-0.2, 0) is 11.3 Å². The summed E-state index contributed by atoms with van der Waals surface area (Å²) in [6.45, 7) is 4.15. The number of hydrogen-bond donors (Lipinski definition) is 0. The van der Waals surface area contributed by atoms with E-state index >= 15 is 0 Å². The number of amides is 1. The fraction of sp³-hybridized carbons (Fsp3) is 0.409. The monoisotopic (exact) mass is 401 g/mol. The van der Waals surface area contributed by atoms with Crippen LogP contribution in [0, 0.1) is 5.82 Å². The van der Waals surface area contributed by atoms with Crippen LogP contribution in [0.4, 0.5) is 10.1 Å². The molecule has 1 heterocycles. The van der Waals surface area contributed by atoms with Gasteiger partial charge in [0.05, 0.1) is 6.54 Å². The first-order valence-electron chi connectivity index (χ1n) is 9.86. The van der Waals surface area contributed by atoms with Gasteiger partial charge in [0.1, 0.15) is 5.82 Å². The van der Waals surface area contributed by atoms with Gasteiger partial charge in [-0.25, -0.2) is 4.39 Å². The molecule has 28 heavy (non-hydrogen) atoms. The van der Waals surface area contributed by atoms with Gasteiger partial charge in [-0.15, -0.1) is 0 Å². The van der Waals surface area contributed by atoms with Crippen LogP contribution in [0.5, 0.6) is 0 Å². The average molecular weight is 402 g/mol. The molecule has 1 aliphatic carbocycles. The number of anilines is 1. The highest BCUT2D eigenvalue weighted by Gasteiger charge is 2.34. The number of halogens is 2. The summed E-state index contributed by atoms with van der Waals surface area (Å²) in [5.74, 6) is -0.141. The van der Waals surface area contributed by atoms with Crippen LogP contribution >= 0.6 is 11.6 Å². The summed E-state index contributed by atoms with van der Waals surface area (Å²) in [4.78, 5) is 19.3. The molecule has 4 rings (SSSR count). The van der Waals surface area contributed by atoms with Crippen LogP contribution in [0.15, 0.2) is 48.5 Å². The largest absolute Gasteiger partial charge is 0.369 e. The summed E-state index contributed by atoms with van der Waals surface area (Å²) in [5, 5.41) is 0.739. The van der Waals surface area contributed by atoms with E-state index in [2.05, 4.69) is 15.9 Å². The molecule has 6 heteroatoms. The van der Waals surface area contributed by atoms with E-state index in [-0.39, 0.29) is 17.8 Å². The Morgan fingerprint density at radius 3 is 2.50 bits per heavy atom. The van der Waals surface area contributed by atoms with E-state index in [1.165, 1.54) is 6.07 Å². The molecule has 1 aliphatic heterocycles. The van der Waals surface area contributed by atoms with Crippen molar-refractivity contribution in [3.63, 3.8) is 0 Å². The van der Waals surface area contributed by atoms with E-state index in [1.807, 2.05) is 29.2 Å². The van der Waals surface area contributed by atoms with Gasteiger partial charge in [-0.05, 0) is 37.1 Å². The van der Waals surface area contributed by atoms with E-state index in [1.54, 1.807) is 12.1 Å². The van der Waals surface area contributed by atoms with Crippen LogP contribution in [-0.4, -0.2) is 54.5 Å². The number of hydrogen-bond acceptors (Lipinski definition) is 3. The minimum atomic E-state index is -0.240. The first-order chi connectivity index (χ1) is 13.6. The summed E-state index contributed by atoms with van der Waals surface area (Å²) in [6, 6.07) is 14.9. The standard InChI is InChI=1S/C22H25ClFN3O/c23-18-5-3-6-20(14-18)26-12-10-25(11-13-26)16-22(28)27(19-8-9-19)15-17-4-1-2-7-21(17)24/h1-7,14,19H,8-13,15-16H2. The van der Waals surface area contributed by atoms with Crippen molar-refractivity contribution in [1.29, 1.82) is 0 Å². The Balaban J connectivity index is 1.33. The third-order valence-corrected chi connectivity index (χ3v) is 5.75. The van der Waals surface area contributed by atoms with Crippen molar-refractivity contribution in [2.75, 3.05) is 37.6 Å². The van der Waals surface area contributed by atoms with Gasteiger partial charge in [0, 0.05) is 55.0 Å². The summed E-state index contributed by atoms with van der Waals surface area (Å²) < 4.78 is 14.0. The normalized spacial score (nSPS) is 17.6. The van der Waals surface area contributed by atoms with Crippen LogP contribution in [0.3, 0.4) is 0 Å². The molecule has 0 radical (unpaired) electrons. The fourth-order valence-electron chi connectivity index (χ4n) is 3.74. The second kappa shape index (κ2) is 8.50. The lowest BCUT2D eigenvalue weighted by Crippen LogP contribution is -2.50. The number of rotatable bonds is 6. The number of carbonyl (C=O) groups excluding carboxylic acids is 1. The molecule has 2 fully saturated rings. The minimum absolute atomic E-state index is 0.0990. The molecule has 1 saturated carbocycles. The molecule has 4 nitrogen and oxygen atoms in total. The van der Waals surface area contributed by atoms with Gasteiger partial charge in [0.25, 0.3) is 0 Å². The molecule has 1 saturated heterocycles. The van der Waals surface area contributed by atoms with Crippen LogP contribution < -0.4 is 4.90 Å². The summed E-state index contributed by atoms with van der Waals surface area (Å²) in [7, 11) is 0. The Bertz CT molecular complexity index is 834. The van der Waals surface area contributed by atoms with Crippen molar-refractivity contribution in [3.05, 3.63) is 64.9 Å². The molecule has 1 amide bonds. The molecule has 0 unspecified atom stereocenters. The van der Waals surface area contributed by atoms with E-state index in [9.17, 15) is 9.18 Å². The maximum Gasteiger partial charge on any atom is 0.237 e. The van der Waals surface area contributed by atoms with Gasteiger partial charge in [-0.1, -0.05) is 35.9 Å². The molecular formula is C22H25ClFN3O. The first-order valence-corrected chi connectivity index (χ1v) is 10.2. The first kappa shape index (κ1) is 19.2. The van der Waals surface area contributed by atoms with Gasteiger partial charge in [-0.3, -0.25) is 9.69 Å².